The van der Waals surface area contributed by atoms with Gasteiger partial charge in [-0.25, -0.2) is 4.39 Å². The van der Waals surface area contributed by atoms with Gasteiger partial charge in [0.25, 0.3) is 0 Å². The van der Waals surface area contributed by atoms with Crippen LogP contribution in [0.3, 0.4) is 0 Å². The molecule has 0 aliphatic heterocycles. The van der Waals surface area contributed by atoms with Gasteiger partial charge in [0.2, 0.25) is 0 Å². The second-order valence-electron chi connectivity index (χ2n) is 4.29. The van der Waals surface area contributed by atoms with Gasteiger partial charge in [0, 0.05) is 5.92 Å². The number of rotatable bonds is 2. The Morgan fingerprint density at radius 1 is 1.28 bits per heavy atom. The molecule has 3 nitrogen and oxygen atoms in total. The third-order valence-corrected chi connectivity index (χ3v) is 3.21. The molecule has 0 unspecified atom stereocenters. The normalized spacial score (nSPS) is 31.2. The number of hydrogen-bond donors (Lipinski definition) is 2. The van der Waals surface area contributed by atoms with E-state index in [-0.39, 0.29) is 5.56 Å². The van der Waals surface area contributed by atoms with Gasteiger partial charge in [0.15, 0.2) is 0 Å². The number of benzene rings is 1. The molecule has 0 radical (unpaired) electrons. The highest BCUT2D eigenvalue weighted by molar-refractivity contribution is 5.86. The van der Waals surface area contributed by atoms with Gasteiger partial charge in [-0.2, -0.15) is 13.2 Å². The number of carboxylic acids is 1. The average Bonchev–Trinajstić information content (AvgIpc) is 2.87. The molecule has 98 valence electrons. The molecule has 1 aromatic rings. The second-order valence-corrected chi connectivity index (χ2v) is 4.29. The van der Waals surface area contributed by atoms with E-state index in [4.69, 9.17) is 10.8 Å². The van der Waals surface area contributed by atoms with E-state index in [1.54, 1.807) is 0 Å². The number of nitrogens with two attached hydrogens (primary N) is 1. The zero-order valence-corrected chi connectivity index (χ0v) is 8.91. The van der Waals surface area contributed by atoms with Crippen molar-refractivity contribution in [3.8, 4) is 0 Å². The van der Waals surface area contributed by atoms with Gasteiger partial charge in [0.1, 0.15) is 11.4 Å². The first-order chi connectivity index (χ1) is 8.19. The van der Waals surface area contributed by atoms with E-state index in [9.17, 15) is 22.4 Å². The second kappa shape index (κ2) is 3.68. The fourth-order valence-electron chi connectivity index (χ4n) is 2.27. The molecule has 7 heteroatoms. The number of halogens is 4. The molecule has 1 aromatic carbocycles. The molecule has 1 fully saturated rings. The van der Waals surface area contributed by atoms with Crippen LogP contribution in [-0.2, 0) is 4.79 Å². The zero-order chi connectivity index (χ0) is 13.7. The first kappa shape index (κ1) is 12.8. The average molecular weight is 263 g/mol. The summed E-state index contributed by atoms with van der Waals surface area (Å²) in [4.78, 5) is 10.9. The van der Waals surface area contributed by atoms with Crippen LogP contribution >= 0.6 is 0 Å². The van der Waals surface area contributed by atoms with Gasteiger partial charge in [-0.3, -0.25) is 4.79 Å². The lowest BCUT2D eigenvalue weighted by molar-refractivity contribution is -0.162. The van der Waals surface area contributed by atoms with E-state index in [0.29, 0.717) is 0 Å². The van der Waals surface area contributed by atoms with Crippen LogP contribution in [0, 0.1) is 11.7 Å². The summed E-state index contributed by atoms with van der Waals surface area (Å²) < 4.78 is 50.8. The summed E-state index contributed by atoms with van der Waals surface area (Å²) in [6.45, 7) is 0. The summed E-state index contributed by atoms with van der Waals surface area (Å²) in [6, 6.07) is 4.19. The van der Waals surface area contributed by atoms with Crippen LogP contribution in [0.1, 0.15) is 11.5 Å². The van der Waals surface area contributed by atoms with Crippen LogP contribution in [-0.4, -0.2) is 22.8 Å². The van der Waals surface area contributed by atoms with Gasteiger partial charge in [0.05, 0.1) is 5.92 Å². The van der Waals surface area contributed by atoms with Crippen LogP contribution in [0.25, 0.3) is 0 Å². The standard InChI is InChI=1S/C11H9F4NO2/c12-6-3-1-5(2-4-6)7-8(11(13,14)15)10(7,16)9(17)18/h1-4,7-8H,16H2,(H,17,18)/t7-,8-,10-/m1/s1. The van der Waals surface area contributed by atoms with Crippen molar-refractivity contribution in [3.63, 3.8) is 0 Å². The van der Waals surface area contributed by atoms with Crippen molar-refractivity contribution in [2.24, 2.45) is 11.7 Å². The minimum atomic E-state index is -4.70. The van der Waals surface area contributed by atoms with Gasteiger partial charge < -0.3 is 10.8 Å². The van der Waals surface area contributed by atoms with E-state index < -0.39 is 35.3 Å². The lowest BCUT2D eigenvalue weighted by Gasteiger charge is -2.07. The fraction of sp³-hybridized carbons (Fsp3) is 0.364. The Kier molecular flexibility index (Phi) is 2.62. The molecule has 0 heterocycles. The smallest absolute Gasteiger partial charge is 0.394 e. The molecule has 3 atom stereocenters. The first-order valence-electron chi connectivity index (χ1n) is 5.03. The van der Waals surface area contributed by atoms with Gasteiger partial charge in [-0.1, -0.05) is 12.1 Å². The molecule has 0 aromatic heterocycles. The maximum absolute atomic E-state index is 12.7. The number of carbonyl (C=O) groups is 1. The number of hydrogen-bond acceptors (Lipinski definition) is 2. The molecular formula is C11H9F4NO2. The Morgan fingerprint density at radius 2 is 1.78 bits per heavy atom. The summed E-state index contributed by atoms with van der Waals surface area (Å²) in [6.07, 6.45) is -4.70. The Labute approximate surface area is 99.2 Å². The van der Waals surface area contributed by atoms with Crippen molar-refractivity contribution in [2.45, 2.75) is 17.6 Å². The molecule has 3 N–H and O–H groups in total. The summed E-state index contributed by atoms with van der Waals surface area (Å²) in [7, 11) is 0. The first-order valence-corrected chi connectivity index (χ1v) is 5.03. The maximum Gasteiger partial charge on any atom is 0.394 e. The summed E-state index contributed by atoms with van der Waals surface area (Å²) >= 11 is 0. The van der Waals surface area contributed by atoms with Crippen molar-refractivity contribution in [3.05, 3.63) is 35.6 Å². The third-order valence-electron chi connectivity index (χ3n) is 3.21. The predicted molar refractivity (Wildman–Crippen MR) is 53.2 cm³/mol. The largest absolute Gasteiger partial charge is 0.480 e. The van der Waals surface area contributed by atoms with Gasteiger partial charge in [-0.05, 0) is 17.7 Å². The highest BCUT2D eigenvalue weighted by atomic mass is 19.4. The molecule has 18 heavy (non-hydrogen) atoms. The molecule has 0 saturated heterocycles. The van der Waals surface area contributed by atoms with Gasteiger partial charge >= 0.3 is 12.1 Å². The van der Waals surface area contributed by atoms with E-state index in [2.05, 4.69) is 0 Å². The summed E-state index contributed by atoms with van der Waals surface area (Å²) in [5.74, 6) is -5.84. The monoisotopic (exact) mass is 263 g/mol. The van der Waals surface area contributed by atoms with Crippen molar-refractivity contribution < 1.29 is 27.5 Å². The van der Waals surface area contributed by atoms with Crippen LogP contribution in [0.15, 0.2) is 24.3 Å². The summed E-state index contributed by atoms with van der Waals surface area (Å²) in [5.41, 5.74) is 3.03. The number of alkyl halides is 3. The molecule has 0 spiro atoms. The predicted octanol–water partition coefficient (Wildman–Crippen LogP) is 1.88. The van der Waals surface area contributed by atoms with Crippen molar-refractivity contribution in [1.29, 1.82) is 0 Å². The molecule has 2 rings (SSSR count). The van der Waals surface area contributed by atoms with Gasteiger partial charge in [-0.15, -0.1) is 0 Å². The van der Waals surface area contributed by atoms with E-state index in [1.807, 2.05) is 0 Å². The topological polar surface area (TPSA) is 63.3 Å². The lowest BCUT2D eigenvalue weighted by atomic mass is 10.1. The van der Waals surface area contributed by atoms with Crippen molar-refractivity contribution in [1.82, 2.24) is 0 Å². The number of carboxylic acid groups (broad SMARTS) is 1. The Morgan fingerprint density at radius 3 is 2.11 bits per heavy atom. The minimum Gasteiger partial charge on any atom is -0.480 e. The minimum absolute atomic E-state index is 0.0728. The highest BCUT2D eigenvalue weighted by Crippen LogP contribution is 2.62. The molecule has 1 aliphatic rings. The number of aliphatic carboxylic acids is 1. The Bertz CT molecular complexity index is 485. The molecule has 1 saturated carbocycles. The molecule has 0 amide bonds. The van der Waals surface area contributed by atoms with E-state index in [1.165, 1.54) is 0 Å². The van der Waals surface area contributed by atoms with Crippen LogP contribution in [0.4, 0.5) is 17.6 Å². The van der Waals surface area contributed by atoms with E-state index in [0.717, 1.165) is 24.3 Å². The van der Waals surface area contributed by atoms with Crippen molar-refractivity contribution in [2.75, 3.05) is 0 Å². The quantitative estimate of drug-likeness (QED) is 0.801. The fourth-order valence-corrected chi connectivity index (χ4v) is 2.27. The Hall–Kier alpha value is -1.63. The van der Waals surface area contributed by atoms with Crippen molar-refractivity contribution >= 4 is 5.97 Å². The highest BCUT2D eigenvalue weighted by Gasteiger charge is 2.77. The van der Waals surface area contributed by atoms with Crippen LogP contribution in [0.2, 0.25) is 0 Å². The van der Waals surface area contributed by atoms with Crippen LogP contribution < -0.4 is 5.73 Å². The molecular weight excluding hydrogens is 254 g/mol. The zero-order valence-electron chi connectivity index (χ0n) is 8.91. The molecule has 1 aliphatic carbocycles. The summed E-state index contributed by atoms with van der Waals surface area (Å²) in [5, 5.41) is 8.83. The Balaban J connectivity index is 2.39. The third kappa shape index (κ3) is 1.74. The molecule has 0 bridgehead atoms. The van der Waals surface area contributed by atoms with Crippen LogP contribution in [0.5, 0.6) is 0 Å². The lowest BCUT2D eigenvalue weighted by Crippen LogP contribution is -2.39. The maximum atomic E-state index is 12.7. The van der Waals surface area contributed by atoms with E-state index >= 15 is 0 Å². The SMILES string of the molecule is N[C@]1(C(=O)O)[C@H](c2ccc(F)cc2)[C@H]1C(F)(F)F.